The number of carboxylic acids is 1. The molecule has 16 heavy (non-hydrogen) atoms. The van der Waals surface area contributed by atoms with Crippen molar-refractivity contribution in [2.75, 3.05) is 20.8 Å². The molecular formula is C11H14O4S. The number of hydrogen-bond donors (Lipinski definition) is 1. The van der Waals surface area contributed by atoms with Gasteiger partial charge in [0.05, 0.1) is 18.6 Å². The quantitative estimate of drug-likeness (QED) is 0.772. The Morgan fingerprint density at radius 1 is 1.44 bits per heavy atom. The van der Waals surface area contributed by atoms with Crippen molar-refractivity contribution in [3.63, 3.8) is 0 Å². The first-order valence-electron chi connectivity index (χ1n) is 4.70. The van der Waals surface area contributed by atoms with Gasteiger partial charge < -0.3 is 14.6 Å². The summed E-state index contributed by atoms with van der Waals surface area (Å²) in [5, 5.41) is 8.36. The van der Waals surface area contributed by atoms with Crippen LogP contribution in [0.15, 0.2) is 29.2 Å². The fraction of sp³-hybridized carbons (Fsp3) is 0.364. The van der Waals surface area contributed by atoms with Crippen molar-refractivity contribution in [3.8, 4) is 5.75 Å². The van der Waals surface area contributed by atoms with Gasteiger partial charge in [-0.2, -0.15) is 0 Å². The molecule has 5 heteroatoms. The maximum absolute atomic E-state index is 11.0. The summed E-state index contributed by atoms with van der Waals surface area (Å²) < 4.78 is 10.0. The highest BCUT2D eigenvalue weighted by atomic mass is 32.2. The highest BCUT2D eigenvalue weighted by Gasteiger charge is 2.20. The molecule has 0 saturated heterocycles. The zero-order valence-electron chi connectivity index (χ0n) is 9.17. The Morgan fingerprint density at radius 3 is 2.69 bits per heavy atom. The molecule has 0 aliphatic rings. The molecule has 1 aromatic carbocycles. The minimum absolute atomic E-state index is 0.165. The van der Waals surface area contributed by atoms with Crippen molar-refractivity contribution >= 4 is 17.7 Å². The van der Waals surface area contributed by atoms with Gasteiger partial charge in [0, 0.05) is 7.11 Å². The largest absolute Gasteiger partial charge is 0.496 e. The first-order chi connectivity index (χ1) is 7.69. The smallest absolute Gasteiger partial charge is 0.319 e. The molecule has 0 aliphatic carbocycles. The fourth-order valence-electron chi connectivity index (χ4n) is 1.18. The molecule has 0 spiro atoms. The van der Waals surface area contributed by atoms with Crippen LogP contribution in [-0.2, 0) is 9.53 Å². The Labute approximate surface area is 98.6 Å². The molecule has 0 aromatic heterocycles. The Kier molecular flexibility index (Phi) is 5.14. The molecule has 4 nitrogen and oxygen atoms in total. The van der Waals surface area contributed by atoms with Gasteiger partial charge in [0.1, 0.15) is 11.0 Å². The zero-order chi connectivity index (χ0) is 12.0. The van der Waals surface area contributed by atoms with Gasteiger partial charge in [-0.15, -0.1) is 11.8 Å². The lowest BCUT2D eigenvalue weighted by Crippen LogP contribution is -2.21. The normalized spacial score (nSPS) is 12.1. The van der Waals surface area contributed by atoms with Gasteiger partial charge in [-0.25, -0.2) is 0 Å². The van der Waals surface area contributed by atoms with Crippen LogP contribution in [0.2, 0.25) is 0 Å². The van der Waals surface area contributed by atoms with Crippen molar-refractivity contribution < 1.29 is 19.4 Å². The second-order valence-electron chi connectivity index (χ2n) is 3.05. The van der Waals surface area contributed by atoms with E-state index in [1.165, 1.54) is 18.9 Å². The molecule has 0 amide bonds. The Morgan fingerprint density at radius 2 is 2.12 bits per heavy atom. The van der Waals surface area contributed by atoms with Crippen LogP contribution in [0.4, 0.5) is 0 Å². The first-order valence-corrected chi connectivity index (χ1v) is 5.58. The summed E-state index contributed by atoms with van der Waals surface area (Å²) in [6.07, 6.45) is 0. The third-order valence-electron chi connectivity index (χ3n) is 1.93. The lowest BCUT2D eigenvalue weighted by molar-refractivity contribution is -0.137. The summed E-state index contributed by atoms with van der Waals surface area (Å²) in [7, 11) is 3.05. The second-order valence-corrected chi connectivity index (χ2v) is 4.30. The van der Waals surface area contributed by atoms with Gasteiger partial charge in [0.2, 0.25) is 0 Å². The van der Waals surface area contributed by atoms with E-state index in [2.05, 4.69) is 0 Å². The minimum Gasteiger partial charge on any atom is -0.496 e. The summed E-state index contributed by atoms with van der Waals surface area (Å²) in [5.41, 5.74) is 0. The molecule has 0 saturated carbocycles. The molecule has 0 aliphatic heterocycles. The Bertz CT molecular complexity index is 354. The van der Waals surface area contributed by atoms with E-state index < -0.39 is 11.2 Å². The first kappa shape index (κ1) is 12.9. The Hall–Kier alpha value is -1.20. The average Bonchev–Trinajstić information content (AvgIpc) is 2.29. The Balaban J connectivity index is 2.80. The van der Waals surface area contributed by atoms with Gasteiger partial charge in [0.25, 0.3) is 0 Å². The van der Waals surface area contributed by atoms with Gasteiger partial charge in [-0.1, -0.05) is 12.1 Å². The van der Waals surface area contributed by atoms with Crippen LogP contribution >= 0.6 is 11.8 Å². The van der Waals surface area contributed by atoms with E-state index in [4.69, 9.17) is 14.6 Å². The van der Waals surface area contributed by atoms with E-state index in [0.717, 1.165) is 4.90 Å². The van der Waals surface area contributed by atoms with Crippen LogP contribution in [0, 0.1) is 0 Å². The van der Waals surface area contributed by atoms with Crippen molar-refractivity contribution in [1.82, 2.24) is 0 Å². The minimum atomic E-state index is -0.891. The van der Waals surface area contributed by atoms with E-state index in [-0.39, 0.29) is 6.61 Å². The number of carboxylic acid groups (broad SMARTS) is 1. The van der Waals surface area contributed by atoms with E-state index in [1.807, 2.05) is 18.2 Å². The van der Waals surface area contributed by atoms with Crippen LogP contribution in [0.3, 0.4) is 0 Å². The predicted octanol–water partition coefficient (Wildman–Crippen LogP) is 1.89. The van der Waals surface area contributed by atoms with E-state index >= 15 is 0 Å². The highest BCUT2D eigenvalue weighted by Crippen LogP contribution is 2.32. The lowest BCUT2D eigenvalue weighted by Gasteiger charge is -2.13. The number of thioether (sulfide) groups is 1. The van der Waals surface area contributed by atoms with Crippen LogP contribution in [0.5, 0.6) is 5.75 Å². The molecule has 88 valence electrons. The van der Waals surface area contributed by atoms with E-state index in [0.29, 0.717) is 5.75 Å². The summed E-state index contributed by atoms with van der Waals surface area (Å²) in [6.45, 7) is 0.165. The maximum atomic E-state index is 11.0. The lowest BCUT2D eigenvalue weighted by atomic mass is 10.3. The van der Waals surface area contributed by atoms with Crippen LogP contribution in [-0.4, -0.2) is 37.2 Å². The van der Waals surface area contributed by atoms with Crippen molar-refractivity contribution in [2.45, 2.75) is 10.1 Å². The maximum Gasteiger partial charge on any atom is 0.319 e. The second kappa shape index (κ2) is 6.40. The molecule has 1 N–H and O–H groups in total. The molecule has 0 radical (unpaired) electrons. The monoisotopic (exact) mass is 242 g/mol. The van der Waals surface area contributed by atoms with Crippen molar-refractivity contribution in [2.24, 2.45) is 0 Å². The number of rotatable bonds is 6. The van der Waals surface area contributed by atoms with Gasteiger partial charge in [0.15, 0.2) is 0 Å². The number of methoxy groups -OCH3 is 2. The number of aliphatic carboxylic acids is 1. The van der Waals surface area contributed by atoms with E-state index in [9.17, 15) is 4.79 Å². The van der Waals surface area contributed by atoms with Crippen molar-refractivity contribution in [1.29, 1.82) is 0 Å². The summed E-state index contributed by atoms with van der Waals surface area (Å²) in [4.78, 5) is 11.8. The summed E-state index contributed by atoms with van der Waals surface area (Å²) >= 11 is 1.22. The molecule has 1 aromatic rings. The van der Waals surface area contributed by atoms with Crippen molar-refractivity contribution in [3.05, 3.63) is 24.3 Å². The van der Waals surface area contributed by atoms with Crippen LogP contribution < -0.4 is 4.74 Å². The molecule has 0 fully saturated rings. The average molecular weight is 242 g/mol. The number of carbonyl (C=O) groups is 1. The third kappa shape index (κ3) is 3.43. The summed E-state index contributed by atoms with van der Waals surface area (Å²) in [5.74, 6) is -0.215. The molecule has 1 atom stereocenters. The number of ether oxygens (including phenoxy) is 2. The predicted molar refractivity (Wildman–Crippen MR) is 62.2 cm³/mol. The number of benzene rings is 1. The molecule has 0 heterocycles. The van der Waals surface area contributed by atoms with Crippen LogP contribution in [0.1, 0.15) is 0 Å². The summed E-state index contributed by atoms with van der Waals surface area (Å²) in [6, 6.07) is 7.31. The number of hydrogen-bond acceptors (Lipinski definition) is 4. The third-order valence-corrected chi connectivity index (χ3v) is 3.15. The SMILES string of the molecule is COCC(Sc1ccccc1OC)C(=O)O. The molecular weight excluding hydrogens is 228 g/mol. The topological polar surface area (TPSA) is 55.8 Å². The van der Waals surface area contributed by atoms with E-state index in [1.54, 1.807) is 13.2 Å². The molecule has 0 bridgehead atoms. The highest BCUT2D eigenvalue weighted by molar-refractivity contribution is 8.00. The van der Waals surface area contributed by atoms with Gasteiger partial charge in [-0.05, 0) is 12.1 Å². The molecule has 1 unspecified atom stereocenters. The standard InChI is InChI=1S/C11H14O4S/c1-14-7-10(11(12)13)16-9-6-4-3-5-8(9)15-2/h3-6,10H,7H2,1-2H3,(H,12,13). The fourth-order valence-corrected chi connectivity index (χ4v) is 2.21. The van der Waals surface area contributed by atoms with Gasteiger partial charge >= 0.3 is 5.97 Å². The number of para-hydroxylation sites is 1. The molecule has 1 rings (SSSR count). The van der Waals surface area contributed by atoms with Gasteiger partial charge in [-0.3, -0.25) is 4.79 Å². The zero-order valence-corrected chi connectivity index (χ0v) is 9.99. The van der Waals surface area contributed by atoms with Crippen LogP contribution in [0.25, 0.3) is 0 Å².